The van der Waals surface area contributed by atoms with Crippen LogP contribution in [0.5, 0.6) is 0 Å². The van der Waals surface area contributed by atoms with Gasteiger partial charge in [0.25, 0.3) is 0 Å². The van der Waals surface area contributed by atoms with Crippen LogP contribution in [0.2, 0.25) is 5.02 Å². The van der Waals surface area contributed by atoms with E-state index in [0.29, 0.717) is 5.02 Å². The van der Waals surface area contributed by atoms with E-state index in [1.54, 1.807) is 0 Å². The highest BCUT2D eigenvalue weighted by Crippen LogP contribution is 2.33. The molecule has 1 N–H and O–H groups in total. The topological polar surface area (TPSA) is 54.7 Å². The van der Waals surface area contributed by atoms with Crippen molar-refractivity contribution in [3.05, 3.63) is 59.5 Å². The lowest BCUT2D eigenvalue weighted by Crippen LogP contribution is -2.36. The van der Waals surface area contributed by atoms with Crippen LogP contribution < -0.4 is 10.2 Å². The molecule has 0 bridgehead atoms. The second-order valence-corrected chi connectivity index (χ2v) is 7.32. The molecule has 1 aliphatic heterocycles. The summed E-state index contributed by atoms with van der Waals surface area (Å²) in [4.78, 5) is 11.7. The lowest BCUT2D eigenvalue weighted by atomic mass is 10.2. The van der Waals surface area contributed by atoms with Crippen molar-refractivity contribution in [2.75, 3.05) is 36.5 Å². The Morgan fingerprint density at radius 2 is 1.89 bits per heavy atom. The van der Waals surface area contributed by atoms with E-state index in [2.05, 4.69) is 37.8 Å². The Bertz CT molecular complexity index is 1150. The molecule has 4 aromatic rings. The molecule has 0 saturated carbocycles. The van der Waals surface area contributed by atoms with Crippen molar-refractivity contribution in [1.82, 2.24) is 14.4 Å². The fourth-order valence-electron chi connectivity index (χ4n) is 3.72. The number of aromatic nitrogens is 3. The predicted molar refractivity (Wildman–Crippen MR) is 113 cm³/mol. The fourth-order valence-corrected chi connectivity index (χ4v) is 3.99. The van der Waals surface area contributed by atoms with Gasteiger partial charge in [0.2, 0.25) is 0 Å². The molecule has 1 fully saturated rings. The first-order valence-corrected chi connectivity index (χ1v) is 9.70. The van der Waals surface area contributed by atoms with E-state index in [-0.39, 0.29) is 0 Å². The SMILES string of the molecule is Cc1cccc(Cl)c1Nc1nc2c(N3CCOCC3)cccc2n2cncc12. The second kappa shape index (κ2) is 6.96. The lowest BCUT2D eigenvalue weighted by Gasteiger charge is -2.29. The number of aryl methyl sites for hydroxylation is 1. The fraction of sp³-hybridized carbons (Fsp3) is 0.238. The summed E-state index contributed by atoms with van der Waals surface area (Å²) in [6.45, 7) is 5.20. The molecule has 142 valence electrons. The number of imidazole rings is 1. The number of morpholine rings is 1. The summed E-state index contributed by atoms with van der Waals surface area (Å²) in [5.74, 6) is 0.738. The number of halogens is 1. The van der Waals surface area contributed by atoms with Gasteiger partial charge in [0, 0.05) is 13.1 Å². The van der Waals surface area contributed by atoms with Gasteiger partial charge in [-0.15, -0.1) is 0 Å². The van der Waals surface area contributed by atoms with Crippen molar-refractivity contribution in [3.63, 3.8) is 0 Å². The van der Waals surface area contributed by atoms with Gasteiger partial charge in [-0.1, -0.05) is 29.8 Å². The summed E-state index contributed by atoms with van der Waals surface area (Å²) in [5, 5.41) is 4.11. The van der Waals surface area contributed by atoms with E-state index < -0.39 is 0 Å². The van der Waals surface area contributed by atoms with Crippen LogP contribution in [0.15, 0.2) is 48.9 Å². The smallest absolute Gasteiger partial charge is 0.157 e. The molecule has 1 aliphatic rings. The third-order valence-electron chi connectivity index (χ3n) is 5.17. The van der Waals surface area contributed by atoms with Crippen molar-refractivity contribution in [2.24, 2.45) is 0 Å². The van der Waals surface area contributed by atoms with E-state index in [0.717, 1.165) is 65.6 Å². The zero-order chi connectivity index (χ0) is 19.1. The Hall–Kier alpha value is -2.83. The van der Waals surface area contributed by atoms with Crippen LogP contribution >= 0.6 is 11.6 Å². The standard InChI is InChI=1S/C21H20ClN5O/c1-14-4-2-5-15(22)19(14)24-21-18-12-23-13-27(18)17-7-3-6-16(20(17)25-21)26-8-10-28-11-9-26/h2-7,12-13H,8-11H2,1H3,(H,24,25). The van der Waals surface area contributed by atoms with Crippen LogP contribution in [0.3, 0.4) is 0 Å². The van der Waals surface area contributed by atoms with Gasteiger partial charge in [0.05, 0.1) is 47.7 Å². The van der Waals surface area contributed by atoms with Crippen LogP contribution in [0.4, 0.5) is 17.2 Å². The number of benzene rings is 2. The van der Waals surface area contributed by atoms with Crippen LogP contribution in [0.25, 0.3) is 16.6 Å². The van der Waals surface area contributed by atoms with Crippen LogP contribution in [0.1, 0.15) is 5.56 Å². The summed E-state index contributed by atoms with van der Waals surface area (Å²) in [5.41, 5.74) is 5.90. The van der Waals surface area contributed by atoms with Crippen LogP contribution in [-0.4, -0.2) is 40.7 Å². The van der Waals surface area contributed by atoms with E-state index in [4.69, 9.17) is 21.3 Å². The summed E-state index contributed by atoms with van der Waals surface area (Å²) >= 11 is 6.44. The highest BCUT2D eigenvalue weighted by molar-refractivity contribution is 6.33. The lowest BCUT2D eigenvalue weighted by molar-refractivity contribution is 0.123. The number of nitrogens with one attached hydrogen (secondary N) is 1. The van der Waals surface area contributed by atoms with E-state index >= 15 is 0 Å². The van der Waals surface area contributed by atoms with Gasteiger partial charge in [-0.2, -0.15) is 0 Å². The zero-order valence-corrected chi connectivity index (χ0v) is 16.3. The largest absolute Gasteiger partial charge is 0.378 e. The third kappa shape index (κ3) is 2.85. The molecule has 6 nitrogen and oxygen atoms in total. The number of ether oxygens (including phenoxy) is 1. The summed E-state index contributed by atoms with van der Waals surface area (Å²) < 4.78 is 7.59. The summed E-state index contributed by atoms with van der Waals surface area (Å²) in [6, 6.07) is 12.1. The number of hydrogen-bond acceptors (Lipinski definition) is 5. The number of anilines is 3. The highest BCUT2D eigenvalue weighted by atomic mass is 35.5. The predicted octanol–water partition coefficient (Wildman–Crippen LogP) is 4.42. The molecule has 7 heteroatoms. The van der Waals surface area contributed by atoms with Gasteiger partial charge in [0.1, 0.15) is 11.0 Å². The maximum Gasteiger partial charge on any atom is 0.157 e. The van der Waals surface area contributed by atoms with Gasteiger partial charge in [-0.3, -0.25) is 4.40 Å². The first-order valence-electron chi connectivity index (χ1n) is 9.32. The monoisotopic (exact) mass is 393 g/mol. The van der Waals surface area contributed by atoms with Crippen LogP contribution in [-0.2, 0) is 4.74 Å². The molecule has 5 rings (SSSR count). The first kappa shape index (κ1) is 17.3. The Morgan fingerprint density at radius 1 is 1.07 bits per heavy atom. The van der Waals surface area contributed by atoms with Crippen molar-refractivity contribution >= 4 is 45.3 Å². The molecule has 0 amide bonds. The molecule has 1 saturated heterocycles. The Kier molecular flexibility index (Phi) is 4.30. The minimum absolute atomic E-state index is 0.668. The molecule has 0 spiro atoms. The zero-order valence-electron chi connectivity index (χ0n) is 15.5. The normalized spacial score (nSPS) is 14.7. The van der Waals surface area contributed by atoms with Crippen molar-refractivity contribution in [1.29, 1.82) is 0 Å². The number of rotatable bonds is 3. The quantitative estimate of drug-likeness (QED) is 0.558. The third-order valence-corrected chi connectivity index (χ3v) is 5.49. The van der Waals surface area contributed by atoms with Gasteiger partial charge in [-0.05, 0) is 30.7 Å². The molecular formula is C21H20ClN5O. The van der Waals surface area contributed by atoms with Gasteiger partial charge in [-0.25, -0.2) is 9.97 Å². The molecule has 2 aromatic heterocycles. The molecule has 0 unspecified atom stereocenters. The molecule has 28 heavy (non-hydrogen) atoms. The molecular weight excluding hydrogens is 374 g/mol. The minimum Gasteiger partial charge on any atom is -0.378 e. The van der Waals surface area contributed by atoms with E-state index in [1.807, 2.05) is 37.6 Å². The number of fused-ring (bicyclic) bond motifs is 3. The van der Waals surface area contributed by atoms with Crippen molar-refractivity contribution in [3.8, 4) is 0 Å². The van der Waals surface area contributed by atoms with Crippen molar-refractivity contribution < 1.29 is 4.74 Å². The molecule has 3 heterocycles. The van der Waals surface area contributed by atoms with E-state index in [1.165, 1.54) is 0 Å². The first-order chi connectivity index (χ1) is 13.7. The van der Waals surface area contributed by atoms with Gasteiger partial charge >= 0.3 is 0 Å². The molecule has 0 aliphatic carbocycles. The Morgan fingerprint density at radius 3 is 2.71 bits per heavy atom. The summed E-state index contributed by atoms with van der Waals surface area (Å²) in [6.07, 6.45) is 3.65. The second-order valence-electron chi connectivity index (χ2n) is 6.91. The van der Waals surface area contributed by atoms with E-state index in [9.17, 15) is 0 Å². The molecule has 0 radical (unpaired) electrons. The molecule has 2 aromatic carbocycles. The average Bonchev–Trinajstić information content (AvgIpc) is 3.21. The maximum absolute atomic E-state index is 6.44. The highest BCUT2D eigenvalue weighted by Gasteiger charge is 2.18. The maximum atomic E-state index is 6.44. The molecule has 0 atom stereocenters. The number of hydrogen-bond donors (Lipinski definition) is 1. The Labute approximate surface area is 167 Å². The summed E-state index contributed by atoms with van der Waals surface area (Å²) in [7, 11) is 0. The van der Waals surface area contributed by atoms with Crippen molar-refractivity contribution in [2.45, 2.75) is 6.92 Å². The Balaban J connectivity index is 1.71. The number of nitrogens with zero attached hydrogens (tertiary/aromatic N) is 4. The average molecular weight is 394 g/mol. The van der Waals surface area contributed by atoms with Gasteiger partial charge in [0.15, 0.2) is 5.82 Å². The number of para-hydroxylation sites is 2. The van der Waals surface area contributed by atoms with Crippen LogP contribution in [0, 0.1) is 6.92 Å². The van der Waals surface area contributed by atoms with Gasteiger partial charge < -0.3 is 15.0 Å². The minimum atomic E-state index is 0.668.